The van der Waals surface area contributed by atoms with Crippen molar-refractivity contribution < 1.29 is 9.94 Å². The molecule has 0 atom stereocenters. The van der Waals surface area contributed by atoms with Crippen LogP contribution in [-0.2, 0) is 11.3 Å². The average molecular weight is 279 g/mol. The first-order valence-corrected chi connectivity index (χ1v) is 6.99. The highest BCUT2D eigenvalue weighted by Gasteiger charge is 2.05. The summed E-state index contributed by atoms with van der Waals surface area (Å²) in [5.41, 5.74) is 7.43. The molecular weight excluding hydrogens is 254 g/mol. The largest absolute Gasteiger partial charge is 0.409 e. The van der Waals surface area contributed by atoms with Crippen molar-refractivity contribution in [1.29, 1.82) is 0 Å². The fraction of sp³-hybridized carbons (Fsp3) is 0.533. The van der Waals surface area contributed by atoms with Gasteiger partial charge in [0.05, 0.1) is 0 Å². The van der Waals surface area contributed by atoms with Crippen molar-refractivity contribution in [2.45, 2.75) is 26.8 Å². The SMILES string of the molecule is CC(C)COCCCNCc1ccccc1/C(N)=N/O. The normalized spacial score (nSPS) is 12.1. The predicted molar refractivity (Wildman–Crippen MR) is 80.9 cm³/mol. The molecule has 0 fully saturated rings. The molecule has 0 unspecified atom stereocenters. The molecule has 5 heteroatoms. The molecule has 1 aromatic carbocycles. The number of hydrogen-bond acceptors (Lipinski definition) is 4. The summed E-state index contributed by atoms with van der Waals surface area (Å²) in [5.74, 6) is 0.721. The highest BCUT2D eigenvalue weighted by atomic mass is 16.5. The molecule has 4 N–H and O–H groups in total. The van der Waals surface area contributed by atoms with Crippen molar-refractivity contribution in [3.05, 3.63) is 35.4 Å². The van der Waals surface area contributed by atoms with Gasteiger partial charge in [0.15, 0.2) is 5.84 Å². The molecule has 0 radical (unpaired) electrons. The molecule has 0 bridgehead atoms. The zero-order valence-corrected chi connectivity index (χ0v) is 12.3. The Morgan fingerprint density at radius 2 is 2.15 bits per heavy atom. The van der Waals surface area contributed by atoms with Gasteiger partial charge in [-0.1, -0.05) is 43.3 Å². The molecule has 0 heterocycles. The summed E-state index contributed by atoms with van der Waals surface area (Å²) in [4.78, 5) is 0. The number of nitrogens with two attached hydrogens (primary N) is 1. The Labute approximate surface area is 120 Å². The summed E-state index contributed by atoms with van der Waals surface area (Å²) in [6, 6.07) is 7.63. The number of ether oxygens (including phenoxy) is 1. The topological polar surface area (TPSA) is 79.9 Å². The maximum absolute atomic E-state index is 8.75. The number of hydrogen-bond donors (Lipinski definition) is 3. The van der Waals surface area contributed by atoms with Crippen molar-refractivity contribution in [3.8, 4) is 0 Å². The zero-order chi connectivity index (χ0) is 14.8. The number of amidine groups is 1. The Balaban J connectivity index is 2.29. The second-order valence-corrected chi connectivity index (χ2v) is 5.14. The second-order valence-electron chi connectivity index (χ2n) is 5.14. The van der Waals surface area contributed by atoms with Crippen LogP contribution in [0.25, 0.3) is 0 Å². The highest BCUT2D eigenvalue weighted by molar-refractivity contribution is 5.98. The molecule has 20 heavy (non-hydrogen) atoms. The van der Waals surface area contributed by atoms with Gasteiger partial charge in [-0.05, 0) is 24.4 Å². The number of benzene rings is 1. The molecule has 112 valence electrons. The molecule has 0 aliphatic rings. The molecule has 0 amide bonds. The van der Waals surface area contributed by atoms with Crippen molar-refractivity contribution in [3.63, 3.8) is 0 Å². The van der Waals surface area contributed by atoms with Crippen LogP contribution >= 0.6 is 0 Å². The Bertz CT molecular complexity index is 419. The smallest absolute Gasteiger partial charge is 0.170 e. The van der Waals surface area contributed by atoms with E-state index in [4.69, 9.17) is 15.7 Å². The molecule has 1 aromatic rings. The van der Waals surface area contributed by atoms with Gasteiger partial charge in [0.25, 0.3) is 0 Å². The lowest BCUT2D eigenvalue weighted by molar-refractivity contribution is 0.108. The van der Waals surface area contributed by atoms with Gasteiger partial charge in [0, 0.05) is 25.3 Å². The van der Waals surface area contributed by atoms with Crippen LogP contribution in [0.3, 0.4) is 0 Å². The minimum atomic E-state index is 0.141. The van der Waals surface area contributed by atoms with Gasteiger partial charge in [-0.2, -0.15) is 0 Å². The van der Waals surface area contributed by atoms with E-state index < -0.39 is 0 Å². The summed E-state index contributed by atoms with van der Waals surface area (Å²) in [7, 11) is 0. The maximum Gasteiger partial charge on any atom is 0.170 e. The van der Waals surface area contributed by atoms with Gasteiger partial charge in [-0.15, -0.1) is 0 Å². The zero-order valence-electron chi connectivity index (χ0n) is 12.3. The van der Waals surface area contributed by atoms with Crippen molar-refractivity contribution in [2.24, 2.45) is 16.8 Å². The minimum Gasteiger partial charge on any atom is -0.409 e. The predicted octanol–water partition coefficient (Wildman–Crippen LogP) is 1.93. The van der Waals surface area contributed by atoms with Gasteiger partial charge in [0.2, 0.25) is 0 Å². The lowest BCUT2D eigenvalue weighted by Gasteiger charge is -2.10. The summed E-state index contributed by atoms with van der Waals surface area (Å²) in [5, 5.41) is 15.1. The number of rotatable bonds is 9. The van der Waals surface area contributed by atoms with E-state index in [1.54, 1.807) is 0 Å². The van der Waals surface area contributed by atoms with Gasteiger partial charge >= 0.3 is 0 Å². The van der Waals surface area contributed by atoms with E-state index >= 15 is 0 Å². The average Bonchev–Trinajstić information content (AvgIpc) is 2.45. The maximum atomic E-state index is 8.75. The molecule has 0 aliphatic heterocycles. The Kier molecular flexibility index (Phi) is 7.69. The van der Waals surface area contributed by atoms with E-state index in [1.807, 2.05) is 24.3 Å². The van der Waals surface area contributed by atoms with Gasteiger partial charge in [-0.25, -0.2) is 0 Å². The van der Waals surface area contributed by atoms with Gasteiger partial charge < -0.3 is 21.0 Å². The van der Waals surface area contributed by atoms with E-state index in [1.165, 1.54) is 0 Å². The monoisotopic (exact) mass is 279 g/mol. The van der Waals surface area contributed by atoms with Crippen LogP contribution in [-0.4, -0.2) is 30.8 Å². The standard InChI is InChI=1S/C15H25N3O2/c1-12(2)11-20-9-5-8-17-10-13-6-3-4-7-14(13)15(16)18-19/h3-4,6-7,12,17,19H,5,8-11H2,1-2H3,(H2,16,18). The van der Waals surface area contributed by atoms with Crippen molar-refractivity contribution in [2.75, 3.05) is 19.8 Å². The van der Waals surface area contributed by atoms with E-state index in [2.05, 4.69) is 24.3 Å². The molecule has 0 aliphatic carbocycles. The third kappa shape index (κ3) is 6.04. The Hall–Kier alpha value is -1.59. The first-order chi connectivity index (χ1) is 9.65. The second kappa shape index (κ2) is 9.34. The van der Waals surface area contributed by atoms with E-state index in [-0.39, 0.29) is 5.84 Å². The first kappa shape index (κ1) is 16.5. The fourth-order valence-corrected chi connectivity index (χ4v) is 1.82. The van der Waals surface area contributed by atoms with E-state index in [0.29, 0.717) is 12.5 Å². The molecule has 0 saturated carbocycles. The van der Waals surface area contributed by atoms with E-state index in [9.17, 15) is 0 Å². The molecule has 1 rings (SSSR count). The Morgan fingerprint density at radius 3 is 2.85 bits per heavy atom. The van der Waals surface area contributed by atoms with Crippen LogP contribution in [0.1, 0.15) is 31.4 Å². The van der Waals surface area contributed by atoms with Crippen LogP contribution in [0.2, 0.25) is 0 Å². The minimum absolute atomic E-state index is 0.141. The number of oxime groups is 1. The highest BCUT2D eigenvalue weighted by Crippen LogP contribution is 2.08. The molecule has 0 saturated heterocycles. The quantitative estimate of drug-likeness (QED) is 0.212. The molecule has 5 nitrogen and oxygen atoms in total. The van der Waals surface area contributed by atoms with Crippen molar-refractivity contribution >= 4 is 5.84 Å². The third-order valence-electron chi connectivity index (χ3n) is 2.81. The first-order valence-electron chi connectivity index (χ1n) is 6.99. The van der Waals surface area contributed by atoms with Crippen LogP contribution in [0, 0.1) is 5.92 Å². The van der Waals surface area contributed by atoms with Gasteiger partial charge in [0.1, 0.15) is 0 Å². The lowest BCUT2D eigenvalue weighted by Crippen LogP contribution is -2.21. The fourth-order valence-electron chi connectivity index (χ4n) is 1.82. The number of nitrogens with zero attached hydrogens (tertiary/aromatic N) is 1. The van der Waals surface area contributed by atoms with Crippen LogP contribution in [0.15, 0.2) is 29.4 Å². The van der Waals surface area contributed by atoms with Gasteiger partial charge in [-0.3, -0.25) is 0 Å². The Morgan fingerprint density at radius 1 is 1.40 bits per heavy atom. The number of nitrogens with one attached hydrogen (secondary N) is 1. The molecular formula is C15H25N3O2. The molecule has 0 spiro atoms. The summed E-state index contributed by atoms with van der Waals surface area (Å²) in [6.07, 6.45) is 0.971. The van der Waals surface area contributed by atoms with Crippen molar-refractivity contribution in [1.82, 2.24) is 5.32 Å². The summed E-state index contributed by atoms with van der Waals surface area (Å²) in [6.45, 7) is 7.43. The summed E-state index contributed by atoms with van der Waals surface area (Å²) >= 11 is 0. The summed E-state index contributed by atoms with van der Waals surface area (Å²) < 4.78 is 5.51. The third-order valence-corrected chi connectivity index (χ3v) is 2.81. The van der Waals surface area contributed by atoms with Crippen LogP contribution in [0.4, 0.5) is 0 Å². The van der Waals surface area contributed by atoms with Crippen LogP contribution in [0.5, 0.6) is 0 Å². The van der Waals surface area contributed by atoms with E-state index in [0.717, 1.165) is 37.3 Å². The van der Waals surface area contributed by atoms with Crippen LogP contribution < -0.4 is 11.1 Å². The molecule has 0 aromatic heterocycles. The lowest BCUT2D eigenvalue weighted by atomic mass is 10.1.